The number of para-hydroxylation sites is 1. The zero-order valence-corrected chi connectivity index (χ0v) is 34.7. The van der Waals surface area contributed by atoms with Crippen molar-refractivity contribution in [3.8, 4) is 23.0 Å². The first kappa shape index (κ1) is 35.9. The number of aryl methyl sites for hydroxylation is 6. The number of fused-ring (bicyclic) bond motifs is 8. The number of benzene rings is 8. The van der Waals surface area contributed by atoms with Crippen LogP contribution in [0.15, 0.2) is 158 Å². The third-order valence-corrected chi connectivity index (χ3v) is 12.4. The lowest BCUT2D eigenvalue weighted by Crippen LogP contribution is -2.58. The third-order valence-electron chi connectivity index (χ3n) is 12.4. The minimum absolute atomic E-state index is 0.142. The van der Waals surface area contributed by atoms with Crippen molar-refractivity contribution in [2.45, 2.75) is 34.6 Å². The maximum Gasteiger partial charge on any atom is 0.263 e. The highest BCUT2D eigenvalue weighted by atomic mass is 16.5. The van der Waals surface area contributed by atoms with E-state index in [2.05, 4.69) is 214 Å². The Balaban J connectivity index is 1.22. The lowest BCUT2D eigenvalue weighted by atomic mass is 9.34. The molecule has 0 aliphatic carbocycles. The number of aromatic nitrogens is 1. The second kappa shape index (κ2) is 13.7. The fourth-order valence-electron chi connectivity index (χ4n) is 9.38. The van der Waals surface area contributed by atoms with Gasteiger partial charge in [0.1, 0.15) is 23.0 Å². The summed E-state index contributed by atoms with van der Waals surface area (Å²) in [7, 11) is 2.20. The van der Waals surface area contributed by atoms with Gasteiger partial charge in [-0.25, -0.2) is 0 Å². The first-order valence-corrected chi connectivity index (χ1v) is 20.8. The molecule has 9 aromatic rings. The van der Waals surface area contributed by atoms with E-state index in [0.717, 1.165) is 84.6 Å². The summed E-state index contributed by atoms with van der Waals surface area (Å²) in [6, 6.07) is 57.2. The highest BCUT2D eigenvalue weighted by Crippen LogP contribution is 2.48. The highest BCUT2D eigenvalue weighted by molar-refractivity contribution is 6.99. The molecule has 11 rings (SSSR count). The van der Waals surface area contributed by atoms with Crippen molar-refractivity contribution in [2.75, 3.05) is 9.80 Å². The lowest BCUT2D eigenvalue weighted by Gasteiger charge is -2.36. The molecular weight excluding hydrogens is 733 g/mol. The molecule has 0 spiro atoms. The van der Waals surface area contributed by atoms with Crippen molar-refractivity contribution in [1.82, 2.24) is 4.57 Å². The van der Waals surface area contributed by atoms with Crippen LogP contribution in [0.3, 0.4) is 0 Å². The van der Waals surface area contributed by atoms with Gasteiger partial charge in [-0.2, -0.15) is 0 Å². The van der Waals surface area contributed by atoms with Crippen LogP contribution in [0.5, 0.6) is 23.0 Å². The van der Waals surface area contributed by atoms with E-state index >= 15 is 0 Å². The van der Waals surface area contributed by atoms with E-state index in [1.807, 2.05) is 0 Å². The van der Waals surface area contributed by atoms with E-state index in [1.54, 1.807) is 0 Å². The number of anilines is 6. The van der Waals surface area contributed by atoms with E-state index in [0.29, 0.717) is 0 Å². The Morgan fingerprint density at radius 2 is 0.900 bits per heavy atom. The molecule has 2 aliphatic rings. The summed E-state index contributed by atoms with van der Waals surface area (Å²) in [6.45, 7) is 10.5. The molecule has 60 heavy (non-hydrogen) atoms. The van der Waals surface area contributed by atoms with Gasteiger partial charge in [-0.15, -0.1) is 0 Å². The Bertz CT molecular complexity index is 3060. The van der Waals surface area contributed by atoms with Crippen molar-refractivity contribution in [3.63, 3.8) is 0 Å². The van der Waals surface area contributed by atoms with Crippen molar-refractivity contribution in [1.29, 1.82) is 0 Å². The Kier molecular flexibility index (Phi) is 8.21. The summed E-state index contributed by atoms with van der Waals surface area (Å²) in [5.74, 6) is 3.30. The summed E-state index contributed by atoms with van der Waals surface area (Å²) in [5, 5.41) is 2.38. The highest BCUT2D eigenvalue weighted by Gasteiger charge is 2.43. The monoisotopic (exact) mass is 777 g/mol. The van der Waals surface area contributed by atoms with E-state index in [4.69, 9.17) is 9.47 Å². The van der Waals surface area contributed by atoms with Gasteiger partial charge in [-0.05, 0) is 112 Å². The van der Waals surface area contributed by atoms with Crippen LogP contribution in [0.25, 0.3) is 21.8 Å². The molecule has 0 fully saturated rings. The van der Waals surface area contributed by atoms with E-state index in [1.165, 1.54) is 38.5 Å². The number of ether oxygens (including phenoxy) is 2. The van der Waals surface area contributed by atoms with Crippen molar-refractivity contribution in [3.05, 3.63) is 186 Å². The minimum atomic E-state index is -0.142. The van der Waals surface area contributed by atoms with E-state index < -0.39 is 0 Å². The summed E-state index contributed by atoms with van der Waals surface area (Å²) in [4.78, 5) is 4.69. The van der Waals surface area contributed by atoms with Crippen LogP contribution in [0.2, 0.25) is 0 Å². The average molecular weight is 778 g/mol. The van der Waals surface area contributed by atoms with Crippen LogP contribution in [0, 0.1) is 34.6 Å². The predicted molar refractivity (Wildman–Crippen MR) is 251 cm³/mol. The predicted octanol–water partition coefficient (Wildman–Crippen LogP) is 12.5. The average Bonchev–Trinajstić information content (AvgIpc) is 3.55. The normalized spacial score (nSPS) is 12.4. The molecule has 2 aliphatic heterocycles. The van der Waals surface area contributed by atoms with Gasteiger partial charge in [0.25, 0.3) is 6.71 Å². The Labute approximate surface area is 351 Å². The molecular formula is C54H44BN3O2. The second-order valence-corrected chi connectivity index (χ2v) is 16.7. The molecule has 3 heterocycles. The standard InChI is InChI=1S/C54H44BN3O2/c1-33-11-20-38(21-12-33)57(39-22-13-34(2)14-23-39)42-30-48-52-49(31-42)60-50-32-46(58(40-24-15-35(3)16-25-40)41-26-17-36(4)18-27-41)51-43-9-7-8-10-45(43)56(6)54(51)53(50)55(52)44-28-19-37(5)29-47(44)59-48/h7-32H,1-6H3. The maximum absolute atomic E-state index is 7.38. The molecule has 0 saturated heterocycles. The van der Waals surface area contributed by atoms with Crippen LogP contribution in [0.1, 0.15) is 27.8 Å². The molecule has 5 nitrogen and oxygen atoms in total. The SMILES string of the molecule is Cc1ccc(N(c2ccc(C)cc2)c2cc3c4c(c2)Oc2cc(N(c5ccc(C)cc5)c5ccc(C)cc5)c5c6ccccc6n(C)c5c2B4c2ccc(C)cc2O3)cc1. The van der Waals surface area contributed by atoms with E-state index in [-0.39, 0.29) is 6.71 Å². The van der Waals surface area contributed by atoms with Crippen molar-refractivity contribution >= 4 is 79.0 Å². The number of nitrogens with zero attached hydrogens (tertiary/aromatic N) is 3. The smallest absolute Gasteiger partial charge is 0.263 e. The van der Waals surface area contributed by atoms with E-state index in [9.17, 15) is 0 Å². The van der Waals surface area contributed by atoms with Crippen molar-refractivity contribution in [2.24, 2.45) is 7.05 Å². The first-order valence-electron chi connectivity index (χ1n) is 20.8. The van der Waals surface area contributed by atoms with Gasteiger partial charge in [-0.1, -0.05) is 101 Å². The van der Waals surface area contributed by atoms with Gasteiger partial charge in [0.05, 0.1) is 11.4 Å². The van der Waals surface area contributed by atoms with Gasteiger partial charge < -0.3 is 23.8 Å². The largest absolute Gasteiger partial charge is 0.458 e. The van der Waals surface area contributed by atoms with Gasteiger partial charge in [0.15, 0.2) is 0 Å². The summed E-state index contributed by atoms with van der Waals surface area (Å²) in [6.07, 6.45) is 0. The fourth-order valence-corrected chi connectivity index (χ4v) is 9.38. The second-order valence-electron chi connectivity index (χ2n) is 16.7. The van der Waals surface area contributed by atoms with Crippen LogP contribution in [-0.2, 0) is 7.05 Å². The van der Waals surface area contributed by atoms with Crippen molar-refractivity contribution < 1.29 is 9.47 Å². The minimum Gasteiger partial charge on any atom is -0.458 e. The summed E-state index contributed by atoms with van der Waals surface area (Å²) in [5.41, 5.74) is 17.9. The van der Waals surface area contributed by atoms with Crippen LogP contribution in [-0.4, -0.2) is 11.3 Å². The van der Waals surface area contributed by atoms with Crippen LogP contribution >= 0.6 is 0 Å². The van der Waals surface area contributed by atoms with Gasteiger partial charge in [0, 0.05) is 75.3 Å². The lowest BCUT2D eigenvalue weighted by molar-refractivity contribution is 0.465. The molecule has 0 bridgehead atoms. The molecule has 8 aromatic carbocycles. The summed E-state index contributed by atoms with van der Waals surface area (Å²) < 4.78 is 16.7. The quantitative estimate of drug-likeness (QED) is 0.157. The van der Waals surface area contributed by atoms with Crippen LogP contribution < -0.4 is 35.7 Å². The molecule has 0 atom stereocenters. The van der Waals surface area contributed by atoms with Crippen LogP contribution in [0.4, 0.5) is 34.1 Å². The Hall–Kier alpha value is -7.18. The number of hydrogen-bond acceptors (Lipinski definition) is 4. The zero-order chi connectivity index (χ0) is 40.8. The fraction of sp³-hybridized carbons (Fsp3) is 0.111. The van der Waals surface area contributed by atoms with Gasteiger partial charge in [0.2, 0.25) is 0 Å². The molecule has 0 N–H and O–H groups in total. The Morgan fingerprint density at radius 1 is 0.433 bits per heavy atom. The first-order chi connectivity index (χ1) is 29.2. The number of hydrogen-bond donors (Lipinski definition) is 0. The molecule has 290 valence electrons. The number of rotatable bonds is 6. The molecule has 0 saturated carbocycles. The molecule has 1 aromatic heterocycles. The molecule has 6 heteroatoms. The maximum atomic E-state index is 7.38. The molecule has 0 radical (unpaired) electrons. The Morgan fingerprint density at radius 3 is 1.45 bits per heavy atom. The summed E-state index contributed by atoms with van der Waals surface area (Å²) >= 11 is 0. The van der Waals surface area contributed by atoms with Gasteiger partial charge in [-0.3, -0.25) is 0 Å². The molecule has 0 unspecified atom stereocenters. The zero-order valence-electron chi connectivity index (χ0n) is 34.7. The molecule has 0 amide bonds. The van der Waals surface area contributed by atoms with Gasteiger partial charge >= 0.3 is 0 Å². The topological polar surface area (TPSA) is 29.9 Å². The third kappa shape index (κ3) is 5.70.